The first-order chi connectivity index (χ1) is 10.8. The molecule has 0 radical (unpaired) electrons. The van der Waals surface area contributed by atoms with E-state index in [2.05, 4.69) is 15.3 Å². The van der Waals surface area contributed by atoms with Crippen molar-refractivity contribution in [3.05, 3.63) is 54.0 Å². The second-order valence-electron chi connectivity index (χ2n) is 4.99. The fourth-order valence-corrected chi connectivity index (χ4v) is 3.26. The van der Waals surface area contributed by atoms with Crippen molar-refractivity contribution in [2.45, 2.75) is 19.1 Å². The van der Waals surface area contributed by atoms with Crippen LogP contribution in [-0.4, -0.2) is 33.5 Å². The predicted octanol–water partition coefficient (Wildman–Crippen LogP) is 2.29. The van der Waals surface area contributed by atoms with E-state index in [9.17, 15) is 4.79 Å². The van der Waals surface area contributed by atoms with E-state index < -0.39 is 0 Å². The molecule has 114 valence electrons. The molecule has 1 aliphatic rings. The van der Waals surface area contributed by atoms with E-state index in [-0.39, 0.29) is 12.0 Å². The molecule has 22 heavy (non-hydrogen) atoms. The number of carbonyl (C=O) groups is 1. The lowest BCUT2D eigenvalue weighted by Crippen LogP contribution is -2.23. The lowest BCUT2D eigenvalue weighted by molar-refractivity contribution is 0.0949. The highest BCUT2D eigenvalue weighted by molar-refractivity contribution is 7.99. The Balaban J connectivity index is 1.59. The van der Waals surface area contributed by atoms with Gasteiger partial charge in [0.15, 0.2) is 0 Å². The van der Waals surface area contributed by atoms with Gasteiger partial charge in [0.25, 0.3) is 5.91 Å². The summed E-state index contributed by atoms with van der Waals surface area (Å²) in [6.45, 7) is 0.400. The van der Waals surface area contributed by atoms with Crippen LogP contribution in [0.15, 0.2) is 42.7 Å². The molecule has 1 saturated heterocycles. The van der Waals surface area contributed by atoms with Crippen LogP contribution >= 0.6 is 11.8 Å². The van der Waals surface area contributed by atoms with Crippen LogP contribution in [0.1, 0.15) is 22.5 Å². The van der Waals surface area contributed by atoms with Gasteiger partial charge in [-0.2, -0.15) is 11.8 Å². The molecular weight excluding hydrogens is 298 g/mol. The Morgan fingerprint density at radius 2 is 2.27 bits per heavy atom. The van der Waals surface area contributed by atoms with Crippen LogP contribution in [-0.2, 0) is 6.54 Å². The smallest absolute Gasteiger partial charge is 0.251 e. The summed E-state index contributed by atoms with van der Waals surface area (Å²) < 4.78 is 5.80. The zero-order valence-electron chi connectivity index (χ0n) is 12.1. The molecule has 1 aliphatic heterocycles. The molecule has 3 rings (SSSR count). The maximum absolute atomic E-state index is 12.2. The number of amides is 1. The van der Waals surface area contributed by atoms with E-state index in [4.69, 9.17) is 4.74 Å². The van der Waals surface area contributed by atoms with Crippen molar-refractivity contribution in [2.24, 2.45) is 0 Å². The third-order valence-electron chi connectivity index (χ3n) is 3.33. The summed E-state index contributed by atoms with van der Waals surface area (Å²) in [6.07, 6.45) is 4.54. The fraction of sp³-hybridized carbons (Fsp3) is 0.312. The minimum atomic E-state index is -0.154. The molecule has 3 heterocycles. The number of nitrogens with zero attached hydrogens (tertiary/aromatic N) is 2. The first kappa shape index (κ1) is 14.8. The van der Waals surface area contributed by atoms with E-state index in [1.54, 1.807) is 24.5 Å². The number of ether oxygens (including phenoxy) is 1. The highest BCUT2D eigenvalue weighted by Gasteiger charge is 2.18. The van der Waals surface area contributed by atoms with E-state index in [1.165, 1.54) is 0 Å². The number of pyridine rings is 2. The second-order valence-corrected chi connectivity index (χ2v) is 6.14. The number of aromatic nitrogens is 2. The van der Waals surface area contributed by atoms with Crippen LogP contribution in [0.2, 0.25) is 0 Å². The summed E-state index contributed by atoms with van der Waals surface area (Å²) in [6, 6.07) is 8.99. The van der Waals surface area contributed by atoms with Gasteiger partial charge < -0.3 is 10.1 Å². The van der Waals surface area contributed by atoms with Crippen LogP contribution in [0, 0.1) is 0 Å². The molecule has 0 bridgehead atoms. The maximum Gasteiger partial charge on any atom is 0.251 e. The van der Waals surface area contributed by atoms with Crippen LogP contribution < -0.4 is 10.1 Å². The van der Waals surface area contributed by atoms with Gasteiger partial charge >= 0.3 is 0 Å². The van der Waals surface area contributed by atoms with Gasteiger partial charge in [0.2, 0.25) is 5.88 Å². The molecule has 1 N–H and O–H groups in total. The van der Waals surface area contributed by atoms with Crippen molar-refractivity contribution in [3.8, 4) is 5.88 Å². The first-order valence-electron chi connectivity index (χ1n) is 7.20. The van der Waals surface area contributed by atoms with E-state index >= 15 is 0 Å². The fourth-order valence-electron chi connectivity index (χ4n) is 2.17. The van der Waals surface area contributed by atoms with Gasteiger partial charge in [-0.25, -0.2) is 4.98 Å². The Hall–Kier alpha value is -2.08. The van der Waals surface area contributed by atoms with Crippen LogP contribution in [0.4, 0.5) is 0 Å². The third-order valence-corrected chi connectivity index (χ3v) is 4.46. The normalized spacial score (nSPS) is 17.2. The van der Waals surface area contributed by atoms with Gasteiger partial charge in [-0.05, 0) is 30.4 Å². The van der Waals surface area contributed by atoms with Gasteiger partial charge in [0.05, 0.1) is 12.2 Å². The van der Waals surface area contributed by atoms with E-state index in [0.29, 0.717) is 18.0 Å². The zero-order valence-corrected chi connectivity index (χ0v) is 12.9. The lowest BCUT2D eigenvalue weighted by Gasteiger charge is -2.12. The van der Waals surface area contributed by atoms with Crippen molar-refractivity contribution in [1.82, 2.24) is 15.3 Å². The topological polar surface area (TPSA) is 64.1 Å². The van der Waals surface area contributed by atoms with Crippen LogP contribution in [0.5, 0.6) is 5.88 Å². The molecule has 0 aromatic carbocycles. The van der Waals surface area contributed by atoms with Crippen molar-refractivity contribution >= 4 is 17.7 Å². The van der Waals surface area contributed by atoms with Gasteiger partial charge in [-0.3, -0.25) is 9.78 Å². The Morgan fingerprint density at radius 1 is 1.32 bits per heavy atom. The second kappa shape index (κ2) is 7.26. The summed E-state index contributed by atoms with van der Waals surface area (Å²) in [5.74, 6) is 2.46. The minimum Gasteiger partial charge on any atom is -0.473 e. The molecule has 2 aromatic heterocycles. The third kappa shape index (κ3) is 3.98. The van der Waals surface area contributed by atoms with Gasteiger partial charge in [0, 0.05) is 29.8 Å². The number of hydrogen-bond donors (Lipinski definition) is 1. The summed E-state index contributed by atoms with van der Waals surface area (Å²) in [7, 11) is 0. The predicted molar refractivity (Wildman–Crippen MR) is 86.0 cm³/mol. The Morgan fingerprint density at radius 3 is 3.05 bits per heavy atom. The molecule has 0 spiro atoms. The summed E-state index contributed by atoms with van der Waals surface area (Å²) >= 11 is 1.88. The number of carbonyl (C=O) groups excluding carboxylic acids is 1. The highest BCUT2D eigenvalue weighted by atomic mass is 32.2. The highest BCUT2D eigenvalue weighted by Crippen LogP contribution is 2.22. The Kier molecular flexibility index (Phi) is 4.90. The van der Waals surface area contributed by atoms with E-state index in [1.807, 2.05) is 30.0 Å². The number of thioether (sulfide) groups is 1. The standard InChI is InChI=1S/C16H17N3O2S/c20-16(19-10-13-3-1-2-6-17-13)12-4-7-18-15(9-12)21-14-5-8-22-11-14/h1-4,6-7,9,14H,5,8,10-11H2,(H,19,20). The van der Waals surface area contributed by atoms with Crippen molar-refractivity contribution in [3.63, 3.8) is 0 Å². The SMILES string of the molecule is O=C(NCc1ccccn1)c1ccnc(OC2CCSC2)c1. The maximum atomic E-state index is 12.2. The average Bonchev–Trinajstić information content (AvgIpc) is 3.07. The monoisotopic (exact) mass is 315 g/mol. The van der Waals surface area contributed by atoms with Crippen molar-refractivity contribution in [1.29, 1.82) is 0 Å². The average molecular weight is 315 g/mol. The zero-order chi connectivity index (χ0) is 15.2. The number of hydrogen-bond acceptors (Lipinski definition) is 5. The Labute approximate surface area is 133 Å². The van der Waals surface area contributed by atoms with Crippen LogP contribution in [0.3, 0.4) is 0 Å². The minimum absolute atomic E-state index is 0.154. The van der Waals surface area contributed by atoms with E-state index in [0.717, 1.165) is 23.6 Å². The summed E-state index contributed by atoms with van der Waals surface area (Å²) in [5, 5.41) is 2.85. The van der Waals surface area contributed by atoms with Crippen molar-refractivity contribution in [2.75, 3.05) is 11.5 Å². The molecule has 1 fully saturated rings. The molecular formula is C16H17N3O2S. The van der Waals surface area contributed by atoms with Gasteiger partial charge in [-0.1, -0.05) is 6.07 Å². The molecule has 5 nitrogen and oxygen atoms in total. The summed E-state index contributed by atoms with van der Waals surface area (Å²) in [5.41, 5.74) is 1.37. The molecule has 2 aromatic rings. The van der Waals surface area contributed by atoms with Crippen LogP contribution in [0.25, 0.3) is 0 Å². The Bertz CT molecular complexity index is 630. The van der Waals surface area contributed by atoms with Gasteiger partial charge in [-0.15, -0.1) is 0 Å². The molecule has 0 saturated carbocycles. The summed E-state index contributed by atoms with van der Waals surface area (Å²) in [4.78, 5) is 20.5. The molecule has 1 amide bonds. The quantitative estimate of drug-likeness (QED) is 0.917. The van der Waals surface area contributed by atoms with Crippen molar-refractivity contribution < 1.29 is 9.53 Å². The number of rotatable bonds is 5. The molecule has 6 heteroatoms. The van der Waals surface area contributed by atoms with Gasteiger partial charge in [0.1, 0.15) is 6.10 Å². The molecule has 0 aliphatic carbocycles. The molecule has 1 atom stereocenters. The lowest BCUT2D eigenvalue weighted by atomic mass is 10.2. The largest absolute Gasteiger partial charge is 0.473 e. The first-order valence-corrected chi connectivity index (χ1v) is 8.35. The number of nitrogens with one attached hydrogen (secondary N) is 1. The molecule has 1 unspecified atom stereocenters.